The maximum atomic E-state index is 4.69. The Hall–Kier alpha value is -1.96. The van der Waals surface area contributed by atoms with Crippen molar-refractivity contribution in [3.63, 3.8) is 0 Å². The first-order valence-corrected chi connectivity index (χ1v) is 10.8. The van der Waals surface area contributed by atoms with E-state index >= 15 is 0 Å². The molecule has 2 aromatic heterocycles. The molecule has 0 fully saturated rings. The van der Waals surface area contributed by atoms with Crippen molar-refractivity contribution in [3.05, 3.63) is 27.2 Å². The third kappa shape index (κ3) is 5.51. The SMILES string of the molecule is CCNC(=NCCc1nc(C)c(C)s1)NCCc1nnc2n1CCCCC2. The highest BCUT2D eigenvalue weighted by Crippen LogP contribution is 2.17. The molecule has 148 valence electrons. The van der Waals surface area contributed by atoms with Gasteiger partial charge < -0.3 is 15.2 Å². The van der Waals surface area contributed by atoms with Gasteiger partial charge in [-0.2, -0.15) is 0 Å². The van der Waals surface area contributed by atoms with E-state index in [0.29, 0.717) is 0 Å². The number of aliphatic imine (C=N–C) groups is 1. The lowest BCUT2D eigenvalue weighted by Crippen LogP contribution is -2.38. The van der Waals surface area contributed by atoms with Gasteiger partial charge in [-0.1, -0.05) is 6.42 Å². The van der Waals surface area contributed by atoms with Crippen LogP contribution in [0.2, 0.25) is 0 Å². The smallest absolute Gasteiger partial charge is 0.191 e. The number of rotatable bonds is 7. The molecule has 0 radical (unpaired) electrons. The molecule has 1 aliphatic heterocycles. The molecule has 3 heterocycles. The Bertz CT molecular complexity index is 743. The molecule has 0 saturated heterocycles. The van der Waals surface area contributed by atoms with Crippen molar-refractivity contribution < 1.29 is 0 Å². The minimum Gasteiger partial charge on any atom is -0.357 e. The second-order valence-corrected chi connectivity index (χ2v) is 8.22. The van der Waals surface area contributed by atoms with E-state index in [9.17, 15) is 0 Å². The lowest BCUT2D eigenvalue weighted by Gasteiger charge is -2.11. The molecule has 0 bridgehead atoms. The lowest BCUT2D eigenvalue weighted by atomic mass is 10.2. The van der Waals surface area contributed by atoms with Gasteiger partial charge in [0.15, 0.2) is 5.96 Å². The number of nitrogens with one attached hydrogen (secondary N) is 2. The first-order chi connectivity index (χ1) is 13.2. The monoisotopic (exact) mass is 389 g/mol. The fourth-order valence-corrected chi connectivity index (χ4v) is 4.20. The minimum absolute atomic E-state index is 0.738. The first-order valence-electron chi connectivity index (χ1n) is 10.0. The van der Waals surface area contributed by atoms with E-state index in [1.165, 1.54) is 24.1 Å². The van der Waals surface area contributed by atoms with Gasteiger partial charge in [0.25, 0.3) is 0 Å². The van der Waals surface area contributed by atoms with E-state index in [1.54, 1.807) is 11.3 Å². The standard InChI is InChI=1S/C19H31N7S/c1-4-20-19(22-12-10-18-23-14(2)15(3)27-18)21-11-9-17-25-24-16-8-6-5-7-13-26(16)17/h4-13H2,1-3H3,(H2,20,21,22). The van der Waals surface area contributed by atoms with Crippen LogP contribution in [-0.4, -0.2) is 45.3 Å². The van der Waals surface area contributed by atoms with E-state index in [2.05, 4.69) is 56.1 Å². The second kappa shape index (κ2) is 9.82. The van der Waals surface area contributed by atoms with Crippen LogP contribution in [0.15, 0.2) is 4.99 Å². The second-order valence-electron chi connectivity index (χ2n) is 6.93. The molecular weight excluding hydrogens is 358 g/mol. The molecule has 0 saturated carbocycles. The first kappa shape index (κ1) is 19.8. The molecule has 8 heteroatoms. The van der Waals surface area contributed by atoms with Gasteiger partial charge in [0.1, 0.15) is 11.6 Å². The van der Waals surface area contributed by atoms with Crippen molar-refractivity contribution in [2.24, 2.45) is 4.99 Å². The van der Waals surface area contributed by atoms with Gasteiger partial charge in [-0.15, -0.1) is 21.5 Å². The number of hydrogen-bond donors (Lipinski definition) is 2. The molecule has 0 unspecified atom stereocenters. The van der Waals surface area contributed by atoms with Gasteiger partial charge in [-0.25, -0.2) is 4.98 Å². The lowest BCUT2D eigenvalue weighted by molar-refractivity contribution is 0.600. The largest absolute Gasteiger partial charge is 0.357 e. The van der Waals surface area contributed by atoms with Gasteiger partial charge in [-0.3, -0.25) is 4.99 Å². The molecule has 0 amide bonds. The van der Waals surface area contributed by atoms with Crippen molar-refractivity contribution in [2.45, 2.75) is 65.8 Å². The third-order valence-electron chi connectivity index (χ3n) is 4.84. The van der Waals surface area contributed by atoms with E-state index in [4.69, 9.17) is 0 Å². The van der Waals surface area contributed by atoms with Gasteiger partial charge >= 0.3 is 0 Å². The average Bonchev–Trinajstić information content (AvgIpc) is 3.08. The van der Waals surface area contributed by atoms with Crippen molar-refractivity contribution >= 4 is 17.3 Å². The normalized spacial score (nSPS) is 14.7. The highest BCUT2D eigenvalue weighted by atomic mass is 32.1. The Balaban J connectivity index is 1.50. The Morgan fingerprint density at radius 1 is 1.15 bits per heavy atom. The van der Waals surface area contributed by atoms with Crippen molar-refractivity contribution in [1.82, 2.24) is 30.4 Å². The van der Waals surface area contributed by atoms with E-state index < -0.39 is 0 Å². The molecule has 7 nitrogen and oxygen atoms in total. The summed E-state index contributed by atoms with van der Waals surface area (Å²) in [7, 11) is 0. The predicted octanol–water partition coefficient (Wildman–Crippen LogP) is 2.42. The molecule has 1 aliphatic rings. The topological polar surface area (TPSA) is 80.0 Å². The van der Waals surface area contributed by atoms with Crippen LogP contribution < -0.4 is 10.6 Å². The molecule has 0 atom stereocenters. The minimum atomic E-state index is 0.738. The van der Waals surface area contributed by atoms with Crippen LogP contribution in [0.25, 0.3) is 0 Å². The summed E-state index contributed by atoms with van der Waals surface area (Å²) in [6.45, 7) is 9.72. The number of fused-ring (bicyclic) bond motifs is 1. The van der Waals surface area contributed by atoms with Crippen LogP contribution in [0, 0.1) is 13.8 Å². The number of aryl methyl sites for hydroxylation is 3. The number of aromatic nitrogens is 4. The van der Waals surface area contributed by atoms with Crippen LogP contribution in [0.5, 0.6) is 0 Å². The predicted molar refractivity (Wildman–Crippen MR) is 111 cm³/mol. The quantitative estimate of drug-likeness (QED) is 0.561. The fraction of sp³-hybridized carbons (Fsp3) is 0.684. The van der Waals surface area contributed by atoms with Crippen molar-refractivity contribution in [1.29, 1.82) is 0 Å². The van der Waals surface area contributed by atoms with E-state index in [-0.39, 0.29) is 0 Å². The Kier molecular flexibility index (Phi) is 7.20. The number of hydrogen-bond acceptors (Lipinski definition) is 5. The maximum Gasteiger partial charge on any atom is 0.191 e. The fourth-order valence-electron chi connectivity index (χ4n) is 3.27. The summed E-state index contributed by atoms with van der Waals surface area (Å²) in [4.78, 5) is 10.6. The summed E-state index contributed by atoms with van der Waals surface area (Å²) in [5, 5.41) is 16.7. The van der Waals surface area contributed by atoms with E-state index in [1.807, 2.05) is 0 Å². The summed E-state index contributed by atoms with van der Waals surface area (Å²) in [5.74, 6) is 3.10. The summed E-state index contributed by atoms with van der Waals surface area (Å²) in [6.07, 6.45) is 6.55. The molecular formula is C19H31N7S. The summed E-state index contributed by atoms with van der Waals surface area (Å²) < 4.78 is 2.31. The summed E-state index contributed by atoms with van der Waals surface area (Å²) in [5.41, 5.74) is 1.14. The van der Waals surface area contributed by atoms with Crippen molar-refractivity contribution in [2.75, 3.05) is 19.6 Å². The highest BCUT2D eigenvalue weighted by Gasteiger charge is 2.14. The van der Waals surface area contributed by atoms with Gasteiger partial charge in [-0.05, 0) is 33.6 Å². The van der Waals surface area contributed by atoms with Crippen LogP contribution in [0.4, 0.5) is 0 Å². The molecule has 3 rings (SSSR count). The van der Waals surface area contributed by atoms with Crippen LogP contribution in [0.1, 0.15) is 53.4 Å². The molecule has 0 aliphatic carbocycles. The molecule has 2 aromatic rings. The highest BCUT2D eigenvalue weighted by molar-refractivity contribution is 7.11. The third-order valence-corrected chi connectivity index (χ3v) is 5.97. The number of guanidine groups is 1. The Morgan fingerprint density at radius 3 is 2.81 bits per heavy atom. The Morgan fingerprint density at radius 2 is 2.04 bits per heavy atom. The zero-order valence-corrected chi connectivity index (χ0v) is 17.5. The zero-order chi connectivity index (χ0) is 19.1. The van der Waals surface area contributed by atoms with Gasteiger partial charge in [0.2, 0.25) is 0 Å². The number of thiazole rings is 1. The van der Waals surface area contributed by atoms with Crippen LogP contribution in [-0.2, 0) is 25.8 Å². The molecule has 2 N–H and O–H groups in total. The van der Waals surface area contributed by atoms with Crippen molar-refractivity contribution in [3.8, 4) is 0 Å². The zero-order valence-electron chi connectivity index (χ0n) is 16.7. The summed E-state index contributed by atoms with van der Waals surface area (Å²) in [6, 6.07) is 0. The molecule has 27 heavy (non-hydrogen) atoms. The van der Waals surface area contributed by atoms with Gasteiger partial charge in [0.05, 0.1) is 10.7 Å². The number of nitrogens with zero attached hydrogens (tertiary/aromatic N) is 5. The Labute approximate surface area is 165 Å². The van der Waals surface area contributed by atoms with Crippen LogP contribution in [0.3, 0.4) is 0 Å². The maximum absolute atomic E-state index is 4.69. The average molecular weight is 390 g/mol. The van der Waals surface area contributed by atoms with Gasteiger partial charge in [0, 0.05) is 50.3 Å². The van der Waals surface area contributed by atoms with Crippen LogP contribution >= 0.6 is 11.3 Å². The molecule has 0 aromatic carbocycles. The molecule has 0 spiro atoms. The van der Waals surface area contributed by atoms with E-state index in [0.717, 1.165) is 73.8 Å². The summed E-state index contributed by atoms with van der Waals surface area (Å²) >= 11 is 1.77.